The predicted octanol–water partition coefficient (Wildman–Crippen LogP) is 2.37. The van der Waals surface area contributed by atoms with Crippen molar-refractivity contribution in [3.63, 3.8) is 0 Å². The Bertz CT molecular complexity index is 408. The number of rotatable bonds is 5. The third kappa shape index (κ3) is 7.36. The second-order valence-corrected chi connectivity index (χ2v) is 5.92. The molecule has 4 nitrogen and oxygen atoms in total. The Morgan fingerprint density at radius 1 is 1.48 bits per heavy atom. The highest BCUT2D eigenvalue weighted by atomic mass is 35.5. The molecule has 1 saturated heterocycles. The van der Waals surface area contributed by atoms with Gasteiger partial charge in [-0.3, -0.25) is 9.78 Å². The van der Waals surface area contributed by atoms with E-state index in [4.69, 9.17) is 0 Å². The predicted molar refractivity (Wildman–Crippen MR) is 93.6 cm³/mol. The Balaban J connectivity index is 0.00000200. The van der Waals surface area contributed by atoms with Crippen LogP contribution in [-0.2, 0) is 10.5 Å². The van der Waals surface area contributed by atoms with Crippen molar-refractivity contribution in [2.24, 2.45) is 0 Å². The minimum atomic E-state index is 0. The quantitative estimate of drug-likeness (QED) is 0.827. The largest absolute Gasteiger partial charge is 0.340 e. The van der Waals surface area contributed by atoms with Crippen molar-refractivity contribution in [1.82, 2.24) is 15.2 Å². The van der Waals surface area contributed by atoms with E-state index in [0.717, 1.165) is 36.8 Å². The van der Waals surface area contributed by atoms with E-state index in [9.17, 15) is 4.79 Å². The fourth-order valence-electron chi connectivity index (χ4n) is 2.14. The molecule has 7 heteroatoms. The van der Waals surface area contributed by atoms with Crippen molar-refractivity contribution in [3.05, 3.63) is 30.1 Å². The second kappa shape index (κ2) is 11.1. The third-order valence-corrected chi connectivity index (χ3v) is 4.15. The van der Waals surface area contributed by atoms with Crippen LogP contribution in [0.2, 0.25) is 0 Å². The van der Waals surface area contributed by atoms with E-state index in [0.29, 0.717) is 12.5 Å². The first-order valence-electron chi connectivity index (χ1n) is 6.74. The summed E-state index contributed by atoms with van der Waals surface area (Å²) in [5.74, 6) is 2.03. The molecule has 1 atom stereocenters. The van der Waals surface area contributed by atoms with Gasteiger partial charge in [0.25, 0.3) is 0 Å². The molecule has 1 aliphatic heterocycles. The van der Waals surface area contributed by atoms with Gasteiger partial charge in [-0.2, -0.15) is 11.8 Å². The Labute approximate surface area is 143 Å². The number of aromatic nitrogens is 1. The van der Waals surface area contributed by atoms with Gasteiger partial charge in [0.05, 0.1) is 5.69 Å². The number of hydrogen-bond acceptors (Lipinski definition) is 4. The highest BCUT2D eigenvalue weighted by Crippen LogP contribution is 2.12. The highest BCUT2D eigenvalue weighted by Gasteiger charge is 2.19. The molecule has 0 radical (unpaired) electrons. The number of piperazine rings is 1. The zero-order chi connectivity index (χ0) is 13.5. The fourth-order valence-corrected chi connectivity index (χ4v) is 2.98. The summed E-state index contributed by atoms with van der Waals surface area (Å²) in [5.41, 5.74) is 1.08. The summed E-state index contributed by atoms with van der Waals surface area (Å²) in [6, 6.07) is 6.35. The van der Waals surface area contributed by atoms with Gasteiger partial charge in [-0.1, -0.05) is 6.07 Å². The maximum atomic E-state index is 12.0. The van der Waals surface area contributed by atoms with E-state index in [1.165, 1.54) is 0 Å². The van der Waals surface area contributed by atoms with Crippen molar-refractivity contribution in [2.75, 3.05) is 25.4 Å². The van der Waals surface area contributed by atoms with Crippen LogP contribution in [0.4, 0.5) is 0 Å². The first kappa shape index (κ1) is 20.5. The first-order chi connectivity index (χ1) is 9.25. The number of amides is 1. The van der Waals surface area contributed by atoms with E-state index in [1.54, 1.807) is 11.8 Å². The average molecular weight is 352 g/mol. The number of thioether (sulfide) groups is 1. The smallest absolute Gasteiger partial charge is 0.223 e. The molecule has 0 saturated carbocycles. The summed E-state index contributed by atoms with van der Waals surface area (Å²) in [4.78, 5) is 18.3. The van der Waals surface area contributed by atoms with Crippen molar-refractivity contribution >= 4 is 42.5 Å². The number of carbonyl (C=O) groups is 1. The molecule has 1 fully saturated rings. The van der Waals surface area contributed by atoms with Crippen molar-refractivity contribution in [3.8, 4) is 0 Å². The molecule has 0 aliphatic carbocycles. The summed E-state index contributed by atoms with van der Waals surface area (Å²) >= 11 is 1.77. The van der Waals surface area contributed by atoms with Crippen molar-refractivity contribution < 1.29 is 4.79 Å². The molecule has 120 valence electrons. The van der Waals surface area contributed by atoms with E-state index < -0.39 is 0 Å². The first-order valence-corrected chi connectivity index (χ1v) is 7.90. The van der Waals surface area contributed by atoms with Gasteiger partial charge < -0.3 is 10.2 Å². The van der Waals surface area contributed by atoms with Gasteiger partial charge in [0.15, 0.2) is 0 Å². The van der Waals surface area contributed by atoms with E-state index in [2.05, 4.69) is 17.2 Å². The van der Waals surface area contributed by atoms with Crippen LogP contribution in [-0.4, -0.2) is 47.2 Å². The van der Waals surface area contributed by atoms with Crippen LogP contribution in [0.3, 0.4) is 0 Å². The minimum absolute atomic E-state index is 0. The second-order valence-electron chi connectivity index (χ2n) is 4.82. The monoisotopic (exact) mass is 351 g/mol. The molecule has 21 heavy (non-hydrogen) atoms. The SMILES string of the molecule is CC1CN(C(=O)CCSCc2ccccn2)CCN1.Cl.Cl. The van der Waals surface area contributed by atoms with Crippen LogP contribution in [0.15, 0.2) is 24.4 Å². The van der Waals surface area contributed by atoms with Crippen LogP contribution in [0.5, 0.6) is 0 Å². The Morgan fingerprint density at radius 3 is 2.95 bits per heavy atom. The molecule has 1 N–H and O–H groups in total. The molecule has 1 aromatic rings. The lowest BCUT2D eigenvalue weighted by atomic mass is 10.2. The number of carbonyl (C=O) groups excluding carboxylic acids is 1. The number of hydrogen-bond donors (Lipinski definition) is 1. The fraction of sp³-hybridized carbons (Fsp3) is 0.571. The summed E-state index contributed by atoms with van der Waals surface area (Å²) in [6.45, 7) is 4.71. The summed E-state index contributed by atoms with van der Waals surface area (Å²) in [5, 5.41) is 3.35. The molecule has 2 heterocycles. The maximum absolute atomic E-state index is 12.0. The molecule has 1 aromatic heterocycles. The Kier molecular flexibility index (Phi) is 10.9. The van der Waals surface area contributed by atoms with Gasteiger partial charge in [0.1, 0.15) is 0 Å². The molecule has 1 aliphatic rings. The van der Waals surface area contributed by atoms with Gasteiger partial charge in [-0.25, -0.2) is 0 Å². The topological polar surface area (TPSA) is 45.2 Å². The number of halogens is 2. The molecular weight excluding hydrogens is 329 g/mol. The van der Waals surface area contributed by atoms with Gasteiger partial charge >= 0.3 is 0 Å². The van der Waals surface area contributed by atoms with Crippen LogP contribution in [0.25, 0.3) is 0 Å². The lowest BCUT2D eigenvalue weighted by Crippen LogP contribution is -2.51. The Morgan fingerprint density at radius 2 is 2.29 bits per heavy atom. The van der Waals surface area contributed by atoms with Crippen LogP contribution in [0, 0.1) is 0 Å². The normalized spacial score (nSPS) is 17.6. The minimum Gasteiger partial charge on any atom is -0.340 e. The Hall–Kier alpha value is -0.490. The highest BCUT2D eigenvalue weighted by molar-refractivity contribution is 7.98. The standard InChI is InChI=1S/C14H21N3OS.2ClH/c1-12-10-17(8-7-15-12)14(18)5-9-19-11-13-4-2-3-6-16-13;;/h2-4,6,12,15H,5,7-11H2,1H3;2*1H. The van der Waals surface area contributed by atoms with Crippen molar-refractivity contribution in [1.29, 1.82) is 0 Å². The van der Waals surface area contributed by atoms with Crippen LogP contribution < -0.4 is 5.32 Å². The summed E-state index contributed by atoms with van der Waals surface area (Å²) in [6.07, 6.45) is 2.44. The van der Waals surface area contributed by atoms with Gasteiger partial charge in [0.2, 0.25) is 5.91 Å². The maximum Gasteiger partial charge on any atom is 0.223 e. The van der Waals surface area contributed by atoms with Crippen LogP contribution in [0.1, 0.15) is 19.0 Å². The van der Waals surface area contributed by atoms with Crippen molar-refractivity contribution in [2.45, 2.75) is 25.1 Å². The molecule has 0 bridgehead atoms. The van der Waals surface area contributed by atoms with E-state index >= 15 is 0 Å². The summed E-state index contributed by atoms with van der Waals surface area (Å²) in [7, 11) is 0. The molecule has 0 aromatic carbocycles. The van der Waals surface area contributed by atoms with E-state index in [1.807, 2.05) is 29.3 Å². The average Bonchev–Trinajstić information content (AvgIpc) is 2.44. The van der Waals surface area contributed by atoms with Gasteiger partial charge in [-0.05, 0) is 19.1 Å². The number of nitrogens with one attached hydrogen (secondary N) is 1. The number of pyridine rings is 1. The lowest BCUT2D eigenvalue weighted by molar-refractivity contribution is -0.131. The van der Waals surface area contributed by atoms with Gasteiger partial charge in [-0.15, -0.1) is 24.8 Å². The molecule has 1 amide bonds. The molecule has 0 spiro atoms. The van der Waals surface area contributed by atoms with E-state index in [-0.39, 0.29) is 30.7 Å². The molecule has 1 unspecified atom stereocenters. The van der Waals surface area contributed by atoms with Gasteiger partial charge in [0, 0.05) is 49.8 Å². The zero-order valence-corrected chi connectivity index (χ0v) is 14.6. The zero-order valence-electron chi connectivity index (χ0n) is 12.2. The van der Waals surface area contributed by atoms with Crippen LogP contribution >= 0.6 is 36.6 Å². The number of nitrogens with zero attached hydrogens (tertiary/aromatic N) is 2. The molecular formula is C14H23Cl2N3OS. The third-order valence-electron chi connectivity index (χ3n) is 3.16. The molecule has 2 rings (SSSR count). The lowest BCUT2D eigenvalue weighted by Gasteiger charge is -2.31. The summed E-state index contributed by atoms with van der Waals surface area (Å²) < 4.78 is 0.